The molecule has 0 saturated carbocycles. The lowest BCUT2D eigenvalue weighted by molar-refractivity contribution is -0.121. The van der Waals surface area contributed by atoms with Crippen molar-refractivity contribution in [1.82, 2.24) is 10.6 Å². The zero-order valence-electron chi connectivity index (χ0n) is 12.8. The second-order valence-corrected chi connectivity index (χ2v) is 4.94. The van der Waals surface area contributed by atoms with Gasteiger partial charge in [-0.3, -0.25) is 4.79 Å². The molecule has 1 rings (SSSR count). The van der Waals surface area contributed by atoms with Gasteiger partial charge in [-0.25, -0.2) is 0 Å². The SMILES string of the molecule is CCCNCCNC(=O)CCOc1ccc(C)c(C)c1. The van der Waals surface area contributed by atoms with Crippen LogP contribution in [0.5, 0.6) is 5.75 Å². The highest BCUT2D eigenvalue weighted by Gasteiger charge is 2.02. The summed E-state index contributed by atoms with van der Waals surface area (Å²) in [6.07, 6.45) is 1.50. The van der Waals surface area contributed by atoms with Crippen molar-refractivity contribution in [2.45, 2.75) is 33.6 Å². The van der Waals surface area contributed by atoms with E-state index in [4.69, 9.17) is 4.74 Å². The van der Waals surface area contributed by atoms with Crippen LogP contribution in [-0.4, -0.2) is 32.1 Å². The number of aryl methyl sites for hydroxylation is 2. The molecule has 2 N–H and O–H groups in total. The molecule has 4 nitrogen and oxygen atoms in total. The van der Waals surface area contributed by atoms with Gasteiger partial charge in [-0.05, 0) is 50.1 Å². The monoisotopic (exact) mass is 278 g/mol. The maximum absolute atomic E-state index is 11.6. The Hall–Kier alpha value is -1.55. The lowest BCUT2D eigenvalue weighted by atomic mass is 10.1. The molecule has 0 spiro atoms. The number of hydrogen-bond donors (Lipinski definition) is 2. The highest BCUT2D eigenvalue weighted by atomic mass is 16.5. The Kier molecular flexibility index (Phi) is 7.73. The molecule has 0 aliphatic rings. The number of benzene rings is 1. The maximum Gasteiger partial charge on any atom is 0.223 e. The van der Waals surface area contributed by atoms with E-state index in [9.17, 15) is 4.79 Å². The van der Waals surface area contributed by atoms with Crippen LogP contribution in [0.25, 0.3) is 0 Å². The van der Waals surface area contributed by atoms with E-state index in [-0.39, 0.29) is 5.91 Å². The predicted octanol–water partition coefficient (Wildman–Crippen LogP) is 2.19. The number of ether oxygens (including phenoxy) is 1. The lowest BCUT2D eigenvalue weighted by Gasteiger charge is -2.09. The predicted molar refractivity (Wildman–Crippen MR) is 82.2 cm³/mol. The van der Waals surface area contributed by atoms with Gasteiger partial charge >= 0.3 is 0 Å². The van der Waals surface area contributed by atoms with Gasteiger partial charge in [-0.1, -0.05) is 13.0 Å². The van der Waals surface area contributed by atoms with Gasteiger partial charge in [0.1, 0.15) is 5.75 Å². The fourth-order valence-electron chi connectivity index (χ4n) is 1.75. The second kappa shape index (κ2) is 9.37. The number of rotatable bonds is 9. The Morgan fingerprint density at radius 3 is 2.65 bits per heavy atom. The Labute approximate surface area is 121 Å². The molecule has 0 aliphatic heterocycles. The molecule has 112 valence electrons. The Bertz CT molecular complexity index is 419. The summed E-state index contributed by atoms with van der Waals surface area (Å²) >= 11 is 0. The molecule has 1 aromatic rings. The summed E-state index contributed by atoms with van der Waals surface area (Å²) in [6.45, 7) is 9.13. The van der Waals surface area contributed by atoms with E-state index >= 15 is 0 Å². The molecule has 0 unspecified atom stereocenters. The van der Waals surface area contributed by atoms with Crippen LogP contribution in [0.4, 0.5) is 0 Å². The van der Waals surface area contributed by atoms with E-state index in [1.165, 1.54) is 11.1 Å². The molecule has 0 fully saturated rings. The minimum atomic E-state index is 0.0344. The van der Waals surface area contributed by atoms with E-state index in [0.717, 1.165) is 25.3 Å². The van der Waals surface area contributed by atoms with Crippen molar-refractivity contribution in [3.63, 3.8) is 0 Å². The summed E-state index contributed by atoms with van der Waals surface area (Å²) in [6, 6.07) is 5.97. The summed E-state index contributed by atoms with van der Waals surface area (Å²) in [5.41, 5.74) is 2.45. The van der Waals surface area contributed by atoms with Crippen molar-refractivity contribution in [1.29, 1.82) is 0 Å². The molecule has 0 heterocycles. The van der Waals surface area contributed by atoms with Crippen molar-refractivity contribution in [2.75, 3.05) is 26.2 Å². The smallest absolute Gasteiger partial charge is 0.223 e. The van der Waals surface area contributed by atoms with Crippen LogP contribution < -0.4 is 15.4 Å². The molecular formula is C16H26N2O2. The number of carbonyl (C=O) groups excluding carboxylic acids is 1. The first-order valence-corrected chi connectivity index (χ1v) is 7.31. The number of nitrogens with one attached hydrogen (secondary N) is 2. The Morgan fingerprint density at radius 2 is 1.95 bits per heavy atom. The number of carbonyl (C=O) groups is 1. The van der Waals surface area contributed by atoms with Crippen molar-refractivity contribution >= 4 is 5.91 Å². The minimum Gasteiger partial charge on any atom is -0.493 e. The van der Waals surface area contributed by atoms with Gasteiger partial charge in [0.2, 0.25) is 5.91 Å². The zero-order chi connectivity index (χ0) is 14.8. The zero-order valence-corrected chi connectivity index (χ0v) is 12.8. The average molecular weight is 278 g/mol. The van der Waals surface area contributed by atoms with E-state index in [1.54, 1.807) is 0 Å². The van der Waals surface area contributed by atoms with Gasteiger partial charge in [-0.15, -0.1) is 0 Å². The molecule has 0 aromatic heterocycles. The minimum absolute atomic E-state index is 0.0344. The van der Waals surface area contributed by atoms with Crippen LogP contribution >= 0.6 is 0 Å². The van der Waals surface area contributed by atoms with Gasteiger partial charge in [-0.2, -0.15) is 0 Å². The Balaban J connectivity index is 2.13. The van der Waals surface area contributed by atoms with Gasteiger partial charge < -0.3 is 15.4 Å². The highest BCUT2D eigenvalue weighted by Crippen LogP contribution is 2.16. The molecule has 0 radical (unpaired) electrons. The quantitative estimate of drug-likeness (QED) is 0.681. The highest BCUT2D eigenvalue weighted by molar-refractivity contribution is 5.75. The largest absolute Gasteiger partial charge is 0.493 e. The van der Waals surface area contributed by atoms with Crippen LogP contribution in [0.2, 0.25) is 0 Å². The summed E-state index contributed by atoms with van der Waals surface area (Å²) < 4.78 is 5.58. The molecule has 0 saturated heterocycles. The van der Waals surface area contributed by atoms with Crippen LogP contribution in [0.1, 0.15) is 30.9 Å². The summed E-state index contributed by atoms with van der Waals surface area (Å²) in [5.74, 6) is 0.859. The van der Waals surface area contributed by atoms with Crippen molar-refractivity contribution in [3.8, 4) is 5.75 Å². The number of amides is 1. The first-order valence-electron chi connectivity index (χ1n) is 7.31. The second-order valence-electron chi connectivity index (χ2n) is 4.94. The third-order valence-electron chi connectivity index (χ3n) is 3.13. The van der Waals surface area contributed by atoms with E-state index < -0.39 is 0 Å². The third kappa shape index (κ3) is 6.57. The van der Waals surface area contributed by atoms with Crippen LogP contribution in [-0.2, 0) is 4.79 Å². The topological polar surface area (TPSA) is 50.4 Å². The number of hydrogen-bond acceptors (Lipinski definition) is 3. The van der Waals surface area contributed by atoms with Gasteiger partial charge in [0.05, 0.1) is 13.0 Å². The lowest BCUT2D eigenvalue weighted by Crippen LogP contribution is -2.32. The van der Waals surface area contributed by atoms with Crippen LogP contribution in [0, 0.1) is 13.8 Å². The first-order chi connectivity index (χ1) is 9.63. The van der Waals surface area contributed by atoms with Gasteiger partial charge in [0, 0.05) is 13.1 Å². The molecule has 1 amide bonds. The molecule has 4 heteroatoms. The molecule has 0 aliphatic carbocycles. The van der Waals surface area contributed by atoms with Crippen LogP contribution in [0.3, 0.4) is 0 Å². The fraction of sp³-hybridized carbons (Fsp3) is 0.562. The maximum atomic E-state index is 11.6. The van der Waals surface area contributed by atoms with Crippen molar-refractivity contribution in [2.24, 2.45) is 0 Å². The third-order valence-corrected chi connectivity index (χ3v) is 3.13. The summed E-state index contributed by atoms with van der Waals surface area (Å²) in [5, 5.41) is 6.10. The van der Waals surface area contributed by atoms with Gasteiger partial charge in [0.15, 0.2) is 0 Å². The van der Waals surface area contributed by atoms with Crippen molar-refractivity contribution in [3.05, 3.63) is 29.3 Å². The molecular weight excluding hydrogens is 252 g/mol. The fourth-order valence-corrected chi connectivity index (χ4v) is 1.75. The first kappa shape index (κ1) is 16.5. The van der Waals surface area contributed by atoms with E-state index in [2.05, 4.69) is 31.4 Å². The van der Waals surface area contributed by atoms with E-state index in [1.807, 2.05) is 18.2 Å². The van der Waals surface area contributed by atoms with Gasteiger partial charge in [0.25, 0.3) is 0 Å². The summed E-state index contributed by atoms with van der Waals surface area (Å²) in [7, 11) is 0. The normalized spacial score (nSPS) is 10.3. The van der Waals surface area contributed by atoms with Crippen LogP contribution in [0.15, 0.2) is 18.2 Å². The molecule has 0 bridgehead atoms. The standard InChI is InChI=1S/C16H26N2O2/c1-4-8-17-9-10-18-16(19)7-11-20-15-6-5-13(2)14(3)12-15/h5-6,12,17H,4,7-11H2,1-3H3,(H,18,19). The van der Waals surface area contributed by atoms with E-state index in [0.29, 0.717) is 19.6 Å². The molecule has 1 aromatic carbocycles. The molecule has 0 atom stereocenters. The summed E-state index contributed by atoms with van der Waals surface area (Å²) in [4.78, 5) is 11.6. The van der Waals surface area contributed by atoms with Crippen molar-refractivity contribution < 1.29 is 9.53 Å². The average Bonchev–Trinajstić information content (AvgIpc) is 2.42. The molecule has 20 heavy (non-hydrogen) atoms. The Morgan fingerprint density at radius 1 is 1.15 bits per heavy atom.